The van der Waals surface area contributed by atoms with Gasteiger partial charge in [-0.25, -0.2) is 0 Å². The molecule has 4 heteroatoms. The Bertz CT molecular complexity index is 221. The van der Waals surface area contributed by atoms with Gasteiger partial charge in [0, 0.05) is 12.6 Å². The molecule has 0 spiro atoms. The molecule has 16 heavy (non-hydrogen) atoms. The van der Waals surface area contributed by atoms with E-state index >= 15 is 0 Å². The van der Waals surface area contributed by atoms with E-state index in [1.165, 1.54) is 0 Å². The highest BCUT2D eigenvalue weighted by molar-refractivity contribution is 5.79. The lowest BCUT2D eigenvalue weighted by molar-refractivity contribution is -0.125. The van der Waals surface area contributed by atoms with Gasteiger partial charge in [-0.05, 0) is 12.5 Å². The topological polar surface area (TPSA) is 50.4 Å². The number of hydrogen-bond donors (Lipinski definition) is 2. The van der Waals surface area contributed by atoms with Crippen LogP contribution in [0.4, 0.5) is 0 Å². The van der Waals surface area contributed by atoms with Gasteiger partial charge in [-0.1, -0.05) is 27.2 Å². The Kier molecular flexibility index (Phi) is 5.77. The van der Waals surface area contributed by atoms with Crippen molar-refractivity contribution in [2.24, 2.45) is 11.8 Å². The zero-order chi connectivity index (χ0) is 12.0. The van der Waals surface area contributed by atoms with Gasteiger partial charge in [-0.2, -0.15) is 0 Å². The first-order valence-electron chi connectivity index (χ1n) is 6.27. The minimum absolute atomic E-state index is 0.0241. The smallest absolute Gasteiger partial charge is 0.227 e. The summed E-state index contributed by atoms with van der Waals surface area (Å²) in [6, 6.07) is 0.182. The first-order valence-corrected chi connectivity index (χ1v) is 6.27. The summed E-state index contributed by atoms with van der Waals surface area (Å²) < 4.78 is 5.35. The van der Waals surface area contributed by atoms with Crippen LogP contribution in [-0.2, 0) is 9.53 Å². The Morgan fingerprint density at radius 3 is 2.81 bits per heavy atom. The van der Waals surface area contributed by atoms with Crippen molar-refractivity contribution in [3.05, 3.63) is 0 Å². The van der Waals surface area contributed by atoms with Crippen LogP contribution in [0.5, 0.6) is 0 Å². The molecule has 0 bridgehead atoms. The van der Waals surface area contributed by atoms with Crippen LogP contribution < -0.4 is 10.6 Å². The first kappa shape index (κ1) is 13.5. The van der Waals surface area contributed by atoms with Gasteiger partial charge in [0.05, 0.1) is 19.1 Å². The van der Waals surface area contributed by atoms with E-state index in [1.807, 2.05) is 6.92 Å². The number of carbonyl (C=O) groups excluding carboxylic acids is 1. The van der Waals surface area contributed by atoms with Crippen molar-refractivity contribution in [1.82, 2.24) is 10.6 Å². The highest BCUT2D eigenvalue weighted by atomic mass is 16.5. The summed E-state index contributed by atoms with van der Waals surface area (Å²) in [6.45, 7) is 9.17. The average molecular weight is 228 g/mol. The standard InChI is InChI=1S/C12H24N2O2/c1-4-9(3)6-14-12(15)10-7-16-8-11(10)13-5-2/h9-11,13H,4-8H2,1-3H3,(H,14,15). The number of carbonyl (C=O) groups is 1. The zero-order valence-electron chi connectivity index (χ0n) is 10.6. The van der Waals surface area contributed by atoms with Crippen molar-refractivity contribution in [3.63, 3.8) is 0 Å². The molecule has 94 valence electrons. The molecule has 0 aliphatic carbocycles. The van der Waals surface area contributed by atoms with Gasteiger partial charge in [-0.15, -0.1) is 0 Å². The fraction of sp³-hybridized carbons (Fsp3) is 0.917. The molecule has 1 aliphatic rings. The van der Waals surface area contributed by atoms with Crippen LogP contribution in [-0.4, -0.2) is 38.3 Å². The van der Waals surface area contributed by atoms with E-state index in [9.17, 15) is 4.79 Å². The summed E-state index contributed by atoms with van der Waals surface area (Å²) in [4.78, 5) is 11.9. The SMILES string of the molecule is CCNC1COCC1C(=O)NCC(C)CC. The molecule has 1 aliphatic heterocycles. The van der Waals surface area contributed by atoms with E-state index in [2.05, 4.69) is 24.5 Å². The van der Waals surface area contributed by atoms with E-state index in [0.29, 0.717) is 19.1 Å². The van der Waals surface area contributed by atoms with Crippen molar-refractivity contribution in [2.45, 2.75) is 33.2 Å². The van der Waals surface area contributed by atoms with Crippen molar-refractivity contribution < 1.29 is 9.53 Å². The van der Waals surface area contributed by atoms with Crippen LogP contribution in [0.1, 0.15) is 27.2 Å². The fourth-order valence-corrected chi connectivity index (χ4v) is 1.83. The number of amides is 1. The maximum atomic E-state index is 11.9. The van der Waals surface area contributed by atoms with Crippen LogP contribution in [0, 0.1) is 11.8 Å². The van der Waals surface area contributed by atoms with E-state index in [4.69, 9.17) is 4.74 Å². The summed E-state index contributed by atoms with van der Waals surface area (Å²) in [5.74, 6) is 0.650. The van der Waals surface area contributed by atoms with Gasteiger partial charge in [0.1, 0.15) is 0 Å². The second-order valence-electron chi connectivity index (χ2n) is 4.57. The molecule has 1 amide bonds. The molecule has 1 rings (SSSR count). The second-order valence-corrected chi connectivity index (χ2v) is 4.57. The van der Waals surface area contributed by atoms with Gasteiger partial charge < -0.3 is 15.4 Å². The normalized spacial score (nSPS) is 26.7. The van der Waals surface area contributed by atoms with Crippen molar-refractivity contribution in [3.8, 4) is 0 Å². The molecule has 0 aromatic carbocycles. The van der Waals surface area contributed by atoms with Gasteiger partial charge >= 0.3 is 0 Å². The third-order valence-corrected chi connectivity index (χ3v) is 3.21. The van der Waals surface area contributed by atoms with Crippen molar-refractivity contribution in [1.29, 1.82) is 0 Å². The Morgan fingerprint density at radius 2 is 2.19 bits per heavy atom. The molecule has 1 fully saturated rings. The summed E-state index contributed by atoms with van der Waals surface area (Å²) in [5.41, 5.74) is 0. The molecular formula is C12H24N2O2. The lowest BCUT2D eigenvalue weighted by Crippen LogP contribution is -2.44. The lowest BCUT2D eigenvalue weighted by Gasteiger charge is -2.19. The van der Waals surface area contributed by atoms with Gasteiger partial charge in [0.15, 0.2) is 0 Å². The number of hydrogen-bond acceptors (Lipinski definition) is 3. The molecule has 2 N–H and O–H groups in total. The van der Waals surface area contributed by atoms with Gasteiger partial charge in [0.2, 0.25) is 5.91 Å². The quantitative estimate of drug-likeness (QED) is 0.706. The highest BCUT2D eigenvalue weighted by Gasteiger charge is 2.33. The lowest BCUT2D eigenvalue weighted by atomic mass is 10.0. The average Bonchev–Trinajstić information content (AvgIpc) is 2.74. The van der Waals surface area contributed by atoms with Crippen molar-refractivity contribution >= 4 is 5.91 Å². The predicted molar refractivity (Wildman–Crippen MR) is 64.2 cm³/mol. The molecule has 0 saturated carbocycles. The van der Waals surface area contributed by atoms with Crippen LogP contribution in [0.25, 0.3) is 0 Å². The van der Waals surface area contributed by atoms with Gasteiger partial charge in [-0.3, -0.25) is 4.79 Å². The Balaban J connectivity index is 2.34. The third-order valence-electron chi connectivity index (χ3n) is 3.21. The van der Waals surface area contributed by atoms with E-state index in [0.717, 1.165) is 19.5 Å². The molecule has 4 nitrogen and oxygen atoms in total. The zero-order valence-corrected chi connectivity index (χ0v) is 10.6. The second kappa shape index (κ2) is 6.86. The number of likely N-dealkylation sites (N-methyl/N-ethyl adjacent to an activating group) is 1. The maximum absolute atomic E-state index is 11.9. The number of rotatable bonds is 6. The minimum Gasteiger partial charge on any atom is -0.379 e. The summed E-state index contributed by atoms with van der Waals surface area (Å²) >= 11 is 0. The highest BCUT2D eigenvalue weighted by Crippen LogP contribution is 2.14. The van der Waals surface area contributed by atoms with Crippen LogP contribution >= 0.6 is 0 Å². The Morgan fingerprint density at radius 1 is 1.44 bits per heavy atom. The summed E-state index contributed by atoms with van der Waals surface area (Å²) in [6.07, 6.45) is 1.10. The number of nitrogens with one attached hydrogen (secondary N) is 2. The Hall–Kier alpha value is -0.610. The molecular weight excluding hydrogens is 204 g/mol. The summed E-state index contributed by atoms with van der Waals surface area (Å²) in [5, 5.41) is 6.30. The fourth-order valence-electron chi connectivity index (χ4n) is 1.83. The molecule has 0 aromatic rings. The predicted octanol–water partition coefficient (Wildman–Crippen LogP) is 0.773. The molecule has 0 aromatic heterocycles. The summed E-state index contributed by atoms with van der Waals surface area (Å²) in [7, 11) is 0. The Labute approximate surface area is 98.1 Å². The van der Waals surface area contributed by atoms with Crippen LogP contribution in [0.3, 0.4) is 0 Å². The maximum Gasteiger partial charge on any atom is 0.227 e. The molecule has 3 atom stereocenters. The number of ether oxygens (including phenoxy) is 1. The molecule has 1 saturated heterocycles. The van der Waals surface area contributed by atoms with Crippen molar-refractivity contribution in [2.75, 3.05) is 26.3 Å². The first-order chi connectivity index (χ1) is 7.69. The van der Waals surface area contributed by atoms with Crippen LogP contribution in [0.15, 0.2) is 0 Å². The molecule has 0 radical (unpaired) electrons. The van der Waals surface area contributed by atoms with Gasteiger partial charge in [0.25, 0.3) is 0 Å². The van der Waals surface area contributed by atoms with E-state index in [-0.39, 0.29) is 17.9 Å². The van der Waals surface area contributed by atoms with E-state index in [1.54, 1.807) is 0 Å². The monoisotopic (exact) mass is 228 g/mol. The minimum atomic E-state index is -0.0241. The largest absolute Gasteiger partial charge is 0.379 e. The molecule has 1 heterocycles. The third kappa shape index (κ3) is 3.76. The van der Waals surface area contributed by atoms with E-state index < -0.39 is 0 Å². The molecule has 3 unspecified atom stereocenters. The van der Waals surface area contributed by atoms with Crippen LogP contribution in [0.2, 0.25) is 0 Å².